The molecule has 0 saturated heterocycles. The van der Waals surface area contributed by atoms with Gasteiger partial charge in [-0.25, -0.2) is 0 Å². The Kier molecular flexibility index (Phi) is 12.5. The van der Waals surface area contributed by atoms with E-state index in [1.54, 1.807) is 0 Å². The minimum atomic E-state index is 0.845. The zero-order chi connectivity index (χ0) is 20.7. The van der Waals surface area contributed by atoms with E-state index in [2.05, 4.69) is 39.0 Å². The number of benzene rings is 1. The van der Waals surface area contributed by atoms with Crippen molar-refractivity contribution in [3.05, 3.63) is 29.3 Å². The summed E-state index contributed by atoms with van der Waals surface area (Å²) in [6.07, 6.45) is 22.5. The molecule has 0 bridgehead atoms. The fraction of sp³-hybridized carbons (Fsp3) is 0.786. The SMILES string of the molecule is CCCCCCCCC[C@H]1CC[C@H](CCc2ccc(OCCCC)cc2C)CC1. The minimum absolute atomic E-state index is 0.845. The Hall–Kier alpha value is -0.980. The molecule has 1 aliphatic rings. The van der Waals surface area contributed by atoms with E-state index in [-0.39, 0.29) is 0 Å². The van der Waals surface area contributed by atoms with Crippen molar-refractivity contribution in [1.29, 1.82) is 0 Å². The molecule has 0 spiro atoms. The van der Waals surface area contributed by atoms with Crippen LogP contribution in [-0.2, 0) is 6.42 Å². The Bertz CT molecular complexity index is 527. The highest BCUT2D eigenvalue weighted by Crippen LogP contribution is 2.34. The first-order chi connectivity index (χ1) is 14.2. The summed E-state index contributed by atoms with van der Waals surface area (Å²) in [6, 6.07) is 6.73. The minimum Gasteiger partial charge on any atom is -0.494 e. The Morgan fingerprint density at radius 1 is 0.759 bits per heavy atom. The summed E-state index contributed by atoms with van der Waals surface area (Å²) >= 11 is 0. The predicted octanol–water partition coefficient (Wildman–Crippen LogP) is 9.05. The van der Waals surface area contributed by atoms with Crippen LogP contribution in [0.1, 0.15) is 121 Å². The average molecular weight is 401 g/mol. The van der Waals surface area contributed by atoms with Gasteiger partial charge in [-0.05, 0) is 61.3 Å². The third-order valence-electron chi connectivity index (χ3n) is 7.08. The molecule has 166 valence electrons. The summed E-state index contributed by atoms with van der Waals surface area (Å²) in [6.45, 7) is 7.61. The first-order valence-electron chi connectivity index (χ1n) is 12.9. The molecule has 1 heteroatoms. The summed E-state index contributed by atoms with van der Waals surface area (Å²) < 4.78 is 5.85. The molecular formula is C28H48O. The summed E-state index contributed by atoms with van der Waals surface area (Å²) in [5.41, 5.74) is 2.93. The van der Waals surface area contributed by atoms with Crippen LogP contribution in [0.25, 0.3) is 0 Å². The van der Waals surface area contributed by atoms with Crippen LogP contribution in [0.5, 0.6) is 5.75 Å². The quantitative estimate of drug-likeness (QED) is 0.267. The molecule has 0 radical (unpaired) electrons. The fourth-order valence-electron chi connectivity index (χ4n) is 4.93. The van der Waals surface area contributed by atoms with Gasteiger partial charge in [0.1, 0.15) is 5.75 Å². The van der Waals surface area contributed by atoms with Crippen LogP contribution in [0.2, 0.25) is 0 Å². The maximum Gasteiger partial charge on any atom is 0.119 e. The van der Waals surface area contributed by atoms with Gasteiger partial charge >= 0.3 is 0 Å². The molecule has 0 atom stereocenters. The van der Waals surface area contributed by atoms with E-state index in [4.69, 9.17) is 4.74 Å². The predicted molar refractivity (Wildman–Crippen MR) is 128 cm³/mol. The highest BCUT2D eigenvalue weighted by atomic mass is 16.5. The second-order valence-electron chi connectivity index (χ2n) is 9.63. The monoisotopic (exact) mass is 400 g/mol. The van der Waals surface area contributed by atoms with Crippen molar-refractivity contribution in [3.8, 4) is 5.75 Å². The standard InChI is InChI=1S/C28H48O/c1-4-6-8-9-10-11-12-13-25-14-16-26(17-15-25)18-19-27-20-21-28(23-24(27)3)29-22-7-5-2/h20-21,23,25-26H,4-19,22H2,1-3H3/t25-,26-. The molecule has 1 aliphatic carbocycles. The third kappa shape index (κ3) is 10.1. The van der Waals surface area contributed by atoms with Crippen LogP contribution in [0.3, 0.4) is 0 Å². The van der Waals surface area contributed by atoms with Crippen LogP contribution in [0.4, 0.5) is 0 Å². The molecule has 0 unspecified atom stereocenters. The van der Waals surface area contributed by atoms with Crippen LogP contribution < -0.4 is 4.74 Å². The zero-order valence-electron chi connectivity index (χ0n) is 19.8. The van der Waals surface area contributed by atoms with Crippen molar-refractivity contribution in [1.82, 2.24) is 0 Å². The second kappa shape index (κ2) is 14.9. The van der Waals surface area contributed by atoms with Crippen molar-refractivity contribution in [2.45, 2.75) is 124 Å². The zero-order valence-corrected chi connectivity index (χ0v) is 19.8. The van der Waals surface area contributed by atoms with E-state index in [0.29, 0.717) is 0 Å². The third-order valence-corrected chi connectivity index (χ3v) is 7.08. The van der Waals surface area contributed by atoms with Gasteiger partial charge in [0.15, 0.2) is 0 Å². The Labute approximate surface area is 182 Å². The van der Waals surface area contributed by atoms with Gasteiger partial charge < -0.3 is 4.74 Å². The molecule has 1 aromatic carbocycles. The second-order valence-corrected chi connectivity index (χ2v) is 9.63. The molecule has 0 heterocycles. The Morgan fingerprint density at radius 2 is 1.38 bits per heavy atom. The topological polar surface area (TPSA) is 9.23 Å². The maximum absolute atomic E-state index is 5.85. The normalized spacial score (nSPS) is 19.4. The Balaban J connectivity index is 1.57. The number of unbranched alkanes of at least 4 members (excludes halogenated alkanes) is 7. The first-order valence-corrected chi connectivity index (χ1v) is 12.9. The molecular weight excluding hydrogens is 352 g/mol. The average Bonchev–Trinajstić information content (AvgIpc) is 2.73. The van der Waals surface area contributed by atoms with Crippen molar-refractivity contribution in [2.75, 3.05) is 6.61 Å². The lowest BCUT2D eigenvalue weighted by Crippen LogP contribution is -2.15. The molecule has 0 aliphatic heterocycles. The van der Waals surface area contributed by atoms with Crippen LogP contribution >= 0.6 is 0 Å². The Morgan fingerprint density at radius 3 is 2.03 bits per heavy atom. The van der Waals surface area contributed by atoms with E-state index in [9.17, 15) is 0 Å². The van der Waals surface area contributed by atoms with Gasteiger partial charge in [0.2, 0.25) is 0 Å². The van der Waals surface area contributed by atoms with E-state index in [1.165, 1.54) is 107 Å². The molecule has 0 aromatic heterocycles. The molecule has 2 rings (SSSR count). The highest BCUT2D eigenvalue weighted by molar-refractivity contribution is 5.34. The van der Waals surface area contributed by atoms with E-state index >= 15 is 0 Å². The highest BCUT2D eigenvalue weighted by Gasteiger charge is 2.20. The first kappa shape index (κ1) is 24.3. The summed E-state index contributed by atoms with van der Waals surface area (Å²) in [7, 11) is 0. The van der Waals surface area contributed by atoms with Gasteiger partial charge in [-0.3, -0.25) is 0 Å². The van der Waals surface area contributed by atoms with Gasteiger partial charge in [0.05, 0.1) is 6.61 Å². The smallest absolute Gasteiger partial charge is 0.119 e. The van der Waals surface area contributed by atoms with Crippen LogP contribution in [0, 0.1) is 18.8 Å². The van der Waals surface area contributed by atoms with Crippen molar-refractivity contribution < 1.29 is 4.74 Å². The number of hydrogen-bond acceptors (Lipinski definition) is 1. The largest absolute Gasteiger partial charge is 0.494 e. The molecule has 1 fully saturated rings. The van der Waals surface area contributed by atoms with Crippen molar-refractivity contribution >= 4 is 0 Å². The fourth-order valence-corrected chi connectivity index (χ4v) is 4.93. The number of hydrogen-bond donors (Lipinski definition) is 0. The number of rotatable bonds is 15. The van der Waals surface area contributed by atoms with Gasteiger partial charge in [0, 0.05) is 0 Å². The lowest BCUT2D eigenvalue weighted by atomic mass is 9.77. The summed E-state index contributed by atoms with van der Waals surface area (Å²) in [5, 5.41) is 0. The van der Waals surface area contributed by atoms with E-state index in [0.717, 1.165) is 30.6 Å². The summed E-state index contributed by atoms with van der Waals surface area (Å²) in [5.74, 6) is 3.04. The molecule has 0 amide bonds. The maximum atomic E-state index is 5.85. The van der Waals surface area contributed by atoms with Gasteiger partial charge in [0.25, 0.3) is 0 Å². The molecule has 29 heavy (non-hydrogen) atoms. The van der Waals surface area contributed by atoms with Crippen LogP contribution in [0.15, 0.2) is 18.2 Å². The lowest BCUT2D eigenvalue weighted by molar-refractivity contribution is 0.248. The number of aryl methyl sites for hydroxylation is 2. The van der Waals surface area contributed by atoms with E-state index < -0.39 is 0 Å². The summed E-state index contributed by atoms with van der Waals surface area (Å²) in [4.78, 5) is 0. The molecule has 0 N–H and O–H groups in total. The van der Waals surface area contributed by atoms with Gasteiger partial charge in [-0.15, -0.1) is 0 Å². The van der Waals surface area contributed by atoms with Gasteiger partial charge in [-0.2, -0.15) is 0 Å². The van der Waals surface area contributed by atoms with Crippen molar-refractivity contribution in [2.24, 2.45) is 11.8 Å². The molecule has 1 nitrogen and oxygen atoms in total. The molecule has 1 saturated carbocycles. The van der Waals surface area contributed by atoms with Crippen molar-refractivity contribution in [3.63, 3.8) is 0 Å². The van der Waals surface area contributed by atoms with Crippen LogP contribution in [-0.4, -0.2) is 6.61 Å². The molecule has 1 aromatic rings. The number of ether oxygens (including phenoxy) is 1. The van der Waals surface area contributed by atoms with E-state index in [1.807, 2.05) is 0 Å². The van der Waals surface area contributed by atoms with Gasteiger partial charge in [-0.1, -0.05) is 103 Å². The lowest BCUT2D eigenvalue weighted by Gasteiger charge is -2.28.